The molecule has 0 spiro atoms. The first-order chi connectivity index (χ1) is 4.80. The molecule has 0 saturated heterocycles. The molecule has 0 atom stereocenters. The minimum atomic E-state index is 0.606. The molecule has 1 aromatic rings. The summed E-state index contributed by atoms with van der Waals surface area (Å²) < 4.78 is 0. The fraction of sp³-hybridized carbons (Fsp3) is 0.143. The second-order valence-corrected chi connectivity index (χ2v) is 2.23. The van der Waals surface area contributed by atoms with Crippen LogP contribution in [0.2, 0.25) is 15.6 Å². The summed E-state index contributed by atoms with van der Waals surface area (Å²) in [5.41, 5.74) is 2.12. The van der Waals surface area contributed by atoms with Gasteiger partial charge in [-0.05, 0) is 12.1 Å². The van der Waals surface area contributed by atoms with Crippen molar-refractivity contribution in [1.82, 2.24) is 0 Å². The van der Waals surface area contributed by atoms with Crippen LogP contribution in [0.1, 0.15) is 0 Å². The van der Waals surface area contributed by atoms with Crippen LogP contribution in [-0.2, 0) is 18.3 Å². The van der Waals surface area contributed by atoms with Crippen molar-refractivity contribution in [3.63, 3.8) is 0 Å². The van der Waals surface area contributed by atoms with Crippen molar-refractivity contribution >= 4 is 23.2 Å². The van der Waals surface area contributed by atoms with Crippen molar-refractivity contribution in [3.8, 4) is 0 Å². The molecule has 3 heteroatoms. The van der Waals surface area contributed by atoms with E-state index in [0.29, 0.717) is 10.0 Å². The Balaban J connectivity index is 0.000000371. The topological polar surface area (TPSA) is 0 Å². The molecule has 0 aromatic heterocycles. The minimum absolute atomic E-state index is 0.606. The summed E-state index contributed by atoms with van der Waals surface area (Å²) in [6, 6.07) is 7.19. The summed E-state index contributed by atoms with van der Waals surface area (Å²) >= 11 is 12.5. The van der Waals surface area contributed by atoms with Crippen LogP contribution in [0.25, 0.3) is 0 Å². The van der Waals surface area contributed by atoms with E-state index in [-0.39, 0.29) is 0 Å². The Morgan fingerprint density at radius 1 is 1.00 bits per heavy atom. The van der Waals surface area contributed by atoms with Gasteiger partial charge in [-0.25, -0.2) is 0 Å². The maximum atomic E-state index is 5.58. The summed E-state index contributed by atoms with van der Waals surface area (Å²) in [4.78, 5) is 0. The van der Waals surface area contributed by atoms with E-state index in [1.165, 1.54) is 18.3 Å². The van der Waals surface area contributed by atoms with Crippen molar-refractivity contribution in [2.75, 3.05) is 0 Å². The first kappa shape index (κ1) is 10.4. The van der Waals surface area contributed by atoms with Crippen LogP contribution in [0.4, 0.5) is 0 Å². The van der Waals surface area contributed by atoms with Crippen molar-refractivity contribution in [2.24, 2.45) is 0 Å². The molecule has 0 aliphatic rings. The number of benzene rings is 1. The van der Waals surface area contributed by atoms with Crippen LogP contribution < -0.4 is 0 Å². The Labute approximate surface area is 81.2 Å². The first-order valence-corrected chi connectivity index (χ1v) is 6.64. The van der Waals surface area contributed by atoms with E-state index in [2.05, 4.69) is 5.52 Å². The molecule has 0 aliphatic carbocycles. The van der Waals surface area contributed by atoms with Crippen molar-refractivity contribution in [3.05, 3.63) is 34.3 Å². The summed E-state index contributed by atoms with van der Waals surface area (Å²) in [6.45, 7) is 0. The van der Waals surface area contributed by atoms with Gasteiger partial charge in [-0.15, -0.1) is 0 Å². The third-order valence-corrected chi connectivity index (χ3v) is 1.58. The zero-order valence-electron chi connectivity index (χ0n) is 5.77. The SMILES string of the molecule is Clc1ccccc1Cl.[CH3][Zn]. The normalized spacial score (nSPS) is 8.10. The number of hydrogen-bond acceptors (Lipinski definition) is 0. The van der Waals surface area contributed by atoms with Gasteiger partial charge in [0.15, 0.2) is 0 Å². The van der Waals surface area contributed by atoms with Gasteiger partial charge < -0.3 is 0 Å². The molecule has 10 heavy (non-hydrogen) atoms. The molecule has 51 valence electrons. The van der Waals surface area contributed by atoms with E-state index in [4.69, 9.17) is 23.2 Å². The summed E-state index contributed by atoms with van der Waals surface area (Å²) in [5.74, 6) is 0. The molecule has 0 unspecified atom stereocenters. The third-order valence-electron chi connectivity index (χ3n) is 0.824. The molecular weight excluding hydrogens is 220 g/mol. The van der Waals surface area contributed by atoms with E-state index in [9.17, 15) is 0 Å². The van der Waals surface area contributed by atoms with Gasteiger partial charge in [0.1, 0.15) is 0 Å². The third kappa shape index (κ3) is 3.56. The monoisotopic (exact) mass is 225 g/mol. The van der Waals surface area contributed by atoms with Crippen molar-refractivity contribution in [2.45, 2.75) is 5.52 Å². The van der Waals surface area contributed by atoms with Crippen LogP contribution in [0, 0.1) is 0 Å². The van der Waals surface area contributed by atoms with Gasteiger partial charge in [0.25, 0.3) is 0 Å². The van der Waals surface area contributed by atoms with Crippen molar-refractivity contribution < 1.29 is 18.3 Å². The van der Waals surface area contributed by atoms with Gasteiger partial charge in [0.05, 0.1) is 10.0 Å². The molecule has 0 heterocycles. The Hall–Kier alpha value is 0.423. The Bertz CT molecular complexity index is 168. The summed E-state index contributed by atoms with van der Waals surface area (Å²) in [7, 11) is 0. The predicted molar refractivity (Wildman–Crippen MR) is 42.3 cm³/mol. The Morgan fingerprint density at radius 2 is 1.30 bits per heavy atom. The van der Waals surface area contributed by atoms with Crippen LogP contribution in [0.15, 0.2) is 24.3 Å². The van der Waals surface area contributed by atoms with E-state index < -0.39 is 0 Å². The summed E-state index contributed by atoms with van der Waals surface area (Å²) in [5, 5.41) is 1.21. The van der Waals surface area contributed by atoms with Gasteiger partial charge in [-0.1, -0.05) is 35.3 Å². The number of halogens is 2. The molecule has 0 nitrogen and oxygen atoms in total. The van der Waals surface area contributed by atoms with Gasteiger partial charge in [0, 0.05) is 0 Å². The van der Waals surface area contributed by atoms with E-state index >= 15 is 0 Å². The molecule has 0 saturated carbocycles. The predicted octanol–water partition coefficient (Wildman–Crippen LogP) is 3.57. The van der Waals surface area contributed by atoms with Crippen LogP contribution in [-0.4, -0.2) is 0 Å². The average molecular weight is 227 g/mol. The fourth-order valence-electron chi connectivity index (χ4n) is 0.439. The summed E-state index contributed by atoms with van der Waals surface area (Å²) in [6.07, 6.45) is 0. The quantitative estimate of drug-likeness (QED) is 0.594. The molecule has 0 radical (unpaired) electrons. The van der Waals surface area contributed by atoms with Crippen LogP contribution >= 0.6 is 23.2 Å². The maximum absolute atomic E-state index is 5.58. The van der Waals surface area contributed by atoms with Gasteiger partial charge >= 0.3 is 23.8 Å². The van der Waals surface area contributed by atoms with Crippen molar-refractivity contribution in [1.29, 1.82) is 0 Å². The molecule has 0 N–H and O–H groups in total. The number of rotatable bonds is 0. The first-order valence-electron chi connectivity index (χ1n) is 2.91. The second-order valence-electron chi connectivity index (χ2n) is 1.41. The molecular formula is C7H7Cl2Zn. The van der Waals surface area contributed by atoms with Gasteiger partial charge in [-0.2, -0.15) is 0 Å². The van der Waals surface area contributed by atoms with E-state index in [0.717, 1.165) is 0 Å². The average Bonchev–Trinajstić information content (AvgIpc) is 2.00. The zero-order chi connectivity index (χ0) is 7.98. The zero-order valence-corrected chi connectivity index (χ0v) is 10.3. The van der Waals surface area contributed by atoms with Crippen LogP contribution in [0.5, 0.6) is 0 Å². The molecule has 0 bridgehead atoms. The Kier molecular flexibility index (Phi) is 6.41. The van der Waals surface area contributed by atoms with Gasteiger partial charge in [0.2, 0.25) is 0 Å². The van der Waals surface area contributed by atoms with E-state index in [1.807, 2.05) is 12.1 Å². The number of hydrogen-bond donors (Lipinski definition) is 0. The van der Waals surface area contributed by atoms with Crippen LogP contribution in [0.3, 0.4) is 0 Å². The molecule has 0 aliphatic heterocycles. The standard InChI is InChI=1S/C6H4Cl2.CH3.Zn/c7-5-3-1-2-4-6(5)8;;/h1-4H;1H3;. The molecule has 1 rings (SSSR count). The fourth-order valence-corrected chi connectivity index (χ4v) is 0.711. The Morgan fingerprint density at radius 3 is 1.50 bits per heavy atom. The molecule has 0 amide bonds. The molecule has 0 fully saturated rings. The van der Waals surface area contributed by atoms with Gasteiger partial charge in [-0.3, -0.25) is 0 Å². The van der Waals surface area contributed by atoms with E-state index in [1.54, 1.807) is 12.1 Å². The second kappa shape index (κ2) is 6.15. The molecule has 1 aromatic carbocycles.